The van der Waals surface area contributed by atoms with Crippen molar-refractivity contribution in [2.75, 3.05) is 20.3 Å². The number of ether oxygens (including phenoxy) is 3. The van der Waals surface area contributed by atoms with Gasteiger partial charge in [0, 0.05) is 12.5 Å². The van der Waals surface area contributed by atoms with Crippen molar-refractivity contribution in [3.63, 3.8) is 0 Å². The number of methoxy groups -OCH3 is 1. The zero-order valence-electron chi connectivity index (χ0n) is 16.1. The number of hydrogen-bond acceptors (Lipinski definition) is 5. The molecule has 0 aliphatic rings. The van der Waals surface area contributed by atoms with E-state index in [-0.39, 0.29) is 45.7 Å². The molecule has 0 fully saturated rings. The van der Waals surface area contributed by atoms with E-state index in [4.69, 9.17) is 18.6 Å². The van der Waals surface area contributed by atoms with Gasteiger partial charge in [-0.1, -0.05) is 0 Å². The van der Waals surface area contributed by atoms with Gasteiger partial charge in [-0.05, 0) is 35.0 Å². The molecule has 0 spiro atoms. The maximum atomic E-state index is 13.9. The molecular weight excluding hydrogens is 495 g/mol. The highest BCUT2D eigenvalue weighted by Crippen LogP contribution is 2.36. The van der Waals surface area contributed by atoms with Crippen molar-refractivity contribution in [1.82, 2.24) is 0 Å². The van der Waals surface area contributed by atoms with Crippen molar-refractivity contribution in [2.24, 2.45) is 0 Å². The minimum Gasteiger partial charge on any atom is -0.487 e. The van der Waals surface area contributed by atoms with Crippen LogP contribution in [0.15, 0.2) is 21.0 Å². The molecule has 0 N–H and O–H groups in total. The number of aryl methyl sites for hydroxylation is 1. The van der Waals surface area contributed by atoms with E-state index in [1.165, 1.54) is 26.2 Å². The lowest BCUT2D eigenvalue weighted by Crippen LogP contribution is -2.11. The van der Waals surface area contributed by atoms with Crippen LogP contribution < -0.4 is 4.74 Å². The molecule has 0 atom stereocenters. The zero-order valence-corrected chi connectivity index (χ0v) is 17.7. The van der Waals surface area contributed by atoms with E-state index in [9.17, 15) is 26.7 Å². The van der Waals surface area contributed by atoms with Crippen molar-refractivity contribution in [1.29, 1.82) is 0 Å². The molecule has 0 unspecified atom stereocenters. The van der Waals surface area contributed by atoms with Crippen LogP contribution in [0.1, 0.15) is 21.7 Å². The molecule has 166 valence electrons. The molecule has 1 aromatic heterocycles. The smallest absolute Gasteiger partial charge is 0.342 e. The van der Waals surface area contributed by atoms with Gasteiger partial charge in [-0.15, -0.1) is 0 Å². The highest BCUT2D eigenvalue weighted by Gasteiger charge is 2.27. The maximum absolute atomic E-state index is 13.9. The number of fused-ring (bicyclic) bond motifs is 1. The van der Waals surface area contributed by atoms with Crippen LogP contribution in [-0.2, 0) is 16.1 Å². The van der Waals surface area contributed by atoms with E-state index >= 15 is 0 Å². The molecule has 2 aromatic carbocycles. The topological polar surface area (TPSA) is 57.9 Å². The Kier molecular flexibility index (Phi) is 6.85. The predicted molar refractivity (Wildman–Crippen MR) is 101 cm³/mol. The molecule has 0 amide bonds. The molecule has 3 rings (SSSR count). The van der Waals surface area contributed by atoms with Crippen LogP contribution in [0.2, 0.25) is 0 Å². The fourth-order valence-electron chi connectivity index (χ4n) is 2.80. The Morgan fingerprint density at radius 3 is 2.23 bits per heavy atom. The number of rotatable bonds is 7. The SMILES string of the molecule is COCCOC(=O)c1c(C)oc2cc(Br)c(OCc3c(F)c(F)c(F)c(F)c3F)cc12. The second kappa shape index (κ2) is 9.23. The summed E-state index contributed by atoms with van der Waals surface area (Å²) in [5.41, 5.74) is -0.752. The molecule has 0 aliphatic carbocycles. The molecule has 3 aromatic rings. The number of esters is 1. The number of hydrogen-bond donors (Lipinski definition) is 0. The van der Waals surface area contributed by atoms with Gasteiger partial charge in [0.25, 0.3) is 0 Å². The molecule has 0 radical (unpaired) electrons. The normalized spacial score (nSPS) is 11.2. The van der Waals surface area contributed by atoms with Crippen molar-refractivity contribution in [3.05, 3.63) is 62.6 Å². The third-order valence-corrected chi connectivity index (χ3v) is 4.94. The van der Waals surface area contributed by atoms with E-state index in [1.807, 2.05) is 0 Å². The molecular formula is C20H14BrF5O5. The van der Waals surface area contributed by atoms with E-state index in [0.29, 0.717) is 0 Å². The minimum atomic E-state index is -2.26. The molecule has 1 heterocycles. The summed E-state index contributed by atoms with van der Waals surface area (Å²) in [4.78, 5) is 12.4. The first kappa shape index (κ1) is 23.0. The van der Waals surface area contributed by atoms with Gasteiger partial charge >= 0.3 is 5.97 Å². The molecule has 11 heteroatoms. The van der Waals surface area contributed by atoms with E-state index in [1.54, 1.807) is 0 Å². The Morgan fingerprint density at radius 2 is 1.61 bits per heavy atom. The van der Waals surface area contributed by atoms with E-state index < -0.39 is 47.2 Å². The summed E-state index contributed by atoms with van der Waals surface area (Å²) in [5.74, 6) is -10.8. The quantitative estimate of drug-likeness (QED) is 0.137. The van der Waals surface area contributed by atoms with Crippen LogP contribution in [0, 0.1) is 36.0 Å². The number of halogens is 6. The Hall–Kier alpha value is -2.66. The summed E-state index contributed by atoms with van der Waals surface area (Å²) in [5, 5.41) is 0.274. The second-order valence-corrected chi connectivity index (χ2v) is 7.13. The standard InChI is InChI=1S/C20H14BrF5O5/c1-8-14(20(27)29-4-3-28-2)9-5-13(11(21)6-12(9)31-8)30-7-10-15(22)17(24)19(26)18(25)16(10)23/h5-6H,3-4,7H2,1-2H3. The first-order chi connectivity index (χ1) is 14.7. The Bertz CT molecular complexity index is 1130. The van der Waals surface area contributed by atoms with Crippen LogP contribution in [-0.4, -0.2) is 26.3 Å². The number of carbonyl (C=O) groups is 1. The molecule has 0 saturated heterocycles. The van der Waals surface area contributed by atoms with Gasteiger partial charge in [0.2, 0.25) is 5.82 Å². The van der Waals surface area contributed by atoms with Gasteiger partial charge in [-0.2, -0.15) is 0 Å². The minimum absolute atomic E-state index is 0.00157. The zero-order chi connectivity index (χ0) is 22.9. The van der Waals surface area contributed by atoms with Crippen LogP contribution in [0.5, 0.6) is 5.75 Å². The summed E-state index contributed by atoms with van der Waals surface area (Å²) in [7, 11) is 1.44. The van der Waals surface area contributed by atoms with Gasteiger partial charge in [0.15, 0.2) is 23.3 Å². The van der Waals surface area contributed by atoms with Crippen molar-refractivity contribution in [2.45, 2.75) is 13.5 Å². The fourth-order valence-corrected chi connectivity index (χ4v) is 3.24. The van der Waals surface area contributed by atoms with Gasteiger partial charge in [0.1, 0.15) is 35.9 Å². The third-order valence-electron chi connectivity index (χ3n) is 4.32. The number of furan rings is 1. The summed E-state index contributed by atoms with van der Waals surface area (Å²) in [6.45, 7) is 0.764. The lowest BCUT2D eigenvalue weighted by atomic mass is 10.1. The average Bonchev–Trinajstić information content (AvgIpc) is 3.05. The Labute approximate surface area is 180 Å². The third kappa shape index (κ3) is 4.38. The number of carbonyl (C=O) groups excluding carboxylic acids is 1. The van der Waals surface area contributed by atoms with E-state index in [0.717, 1.165) is 0 Å². The molecule has 0 bridgehead atoms. The fraction of sp³-hybridized carbons (Fsp3) is 0.250. The highest BCUT2D eigenvalue weighted by molar-refractivity contribution is 9.10. The molecule has 31 heavy (non-hydrogen) atoms. The Morgan fingerprint density at radius 1 is 1.00 bits per heavy atom. The van der Waals surface area contributed by atoms with Crippen molar-refractivity contribution < 1.29 is 45.4 Å². The monoisotopic (exact) mass is 508 g/mol. The maximum Gasteiger partial charge on any atom is 0.342 e. The van der Waals surface area contributed by atoms with Crippen LogP contribution in [0.4, 0.5) is 22.0 Å². The number of benzene rings is 2. The predicted octanol–water partition coefficient (Wildman–Crippen LogP) is 5.58. The van der Waals surface area contributed by atoms with Crippen LogP contribution in [0.3, 0.4) is 0 Å². The first-order valence-corrected chi connectivity index (χ1v) is 9.48. The van der Waals surface area contributed by atoms with Gasteiger partial charge < -0.3 is 18.6 Å². The van der Waals surface area contributed by atoms with Gasteiger partial charge in [-0.25, -0.2) is 26.7 Å². The second-order valence-electron chi connectivity index (χ2n) is 6.28. The van der Waals surface area contributed by atoms with Crippen LogP contribution >= 0.6 is 15.9 Å². The first-order valence-electron chi connectivity index (χ1n) is 8.69. The lowest BCUT2D eigenvalue weighted by molar-refractivity contribution is 0.0388. The highest BCUT2D eigenvalue weighted by atomic mass is 79.9. The van der Waals surface area contributed by atoms with E-state index in [2.05, 4.69) is 15.9 Å². The summed E-state index contributed by atoms with van der Waals surface area (Å²) in [6.07, 6.45) is 0. The summed E-state index contributed by atoms with van der Waals surface area (Å²) >= 11 is 3.18. The lowest BCUT2D eigenvalue weighted by Gasteiger charge is -2.11. The molecule has 0 aliphatic heterocycles. The molecule has 0 saturated carbocycles. The Balaban J connectivity index is 1.95. The van der Waals surface area contributed by atoms with Crippen molar-refractivity contribution in [3.8, 4) is 5.75 Å². The largest absolute Gasteiger partial charge is 0.487 e. The average molecular weight is 509 g/mol. The summed E-state index contributed by atoms with van der Waals surface area (Å²) in [6, 6.07) is 2.76. The van der Waals surface area contributed by atoms with Crippen molar-refractivity contribution >= 4 is 32.9 Å². The van der Waals surface area contributed by atoms with Gasteiger partial charge in [-0.3, -0.25) is 0 Å². The van der Waals surface area contributed by atoms with Crippen LogP contribution in [0.25, 0.3) is 11.0 Å². The molecule has 5 nitrogen and oxygen atoms in total. The summed E-state index contributed by atoms with van der Waals surface area (Å²) < 4.78 is 88.7. The van der Waals surface area contributed by atoms with Gasteiger partial charge in [0.05, 0.1) is 16.6 Å².